The second-order valence-electron chi connectivity index (χ2n) is 6.32. The van der Waals surface area contributed by atoms with Crippen molar-refractivity contribution in [3.05, 3.63) is 48.0 Å². The van der Waals surface area contributed by atoms with Gasteiger partial charge in [0.2, 0.25) is 0 Å². The number of para-hydroxylation sites is 2. The summed E-state index contributed by atoms with van der Waals surface area (Å²) >= 11 is -0.253. The van der Waals surface area contributed by atoms with Crippen molar-refractivity contribution in [2.45, 2.75) is 35.1 Å². The van der Waals surface area contributed by atoms with Crippen LogP contribution in [0.15, 0.2) is 47.4 Å². The molecule has 162 valence electrons. The third kappa shape index (κ3) is 8.09. The second-order valence-corrected chi connectivity index (χ2v) is 11.8. The van der Waals surface area contributed by atoms with Crippen LogP contribution in [-0.2, 0) is 16.4 Å². The predicted octanol–water partition coefficient (Wildman–Crippen LogP) is 3.45. The summed E-state index contributed by atoms with van der Waals surface area (Å²) in [4.78, 5) is 0.0376. The fourth-order valence-corrected chi connectivity index (χ4v) is 5.85. The summed E-state index contributed by atoms with van der Waals surface area (Å²) in [5, 5.41) is 6.31. The van der Waals surface area contributed by atoms with Crippen molar-refractivity contribution < 1.29 is 22.6 Å². The number of nitrogens with two attached hydrogens (primary N) is 1. The number of rotatable bonds is 11. The van der Waals surface area contributed by atoms with Crippen LogP contribution in [-0.4, -0.2) is 44.5 Å². The van der Waals surface area contributed by atoms with E-state index in [2.05, 4.69) is 6.92 Å². The quantitative estimate of drug-likeness (QED) is 0.373. The van der Waals surface area contributed by atoms with E-state index in [0.717, 1.165) is 28.7 Å². The molecule has 0 aliphatic rings. The first-order valence-electron chi connectivity index (χ1n) is 9.13. The zero-order valence-electron chi connectivity index (χ0n) is 16.9. The van der Waals surface area contributed by atoms with Gasteiger partial charge in [-0.3, -0.25) is 0 Å². The maximum atomic E-state index is 11.7. The van der Waals surface area contributed by atoms with Crippen LogP contribution in [0.5, 0.6) is 17.2 Å². The average Bonchev–Trinajstić information content (AvgIpc) is 2.66. The van der Waals surface area contributed by atoms with Crippen LogP contribution in [0.25, 0.3) is 0 Å². The molecule has 29 heavy (non-hydrogen) atoms. The van der Waals surface area contributed by atoms with Crippen LogP contribution >= 0.6 is 12.4 Å². The fraction of sp³-hybridized carbons (Fsp3) is 0.400. The molecule has 0 aromatic heterocycles. The van der Waals surface area contributed by atoms with Crippen LogP contribution in [0.3, 0.4) is 0 Å². The Labute approximate surface area is 186 Å². The van der Waals surface area contributed by atoms with Crippen LogP contribution in [0.1, 0.15) is 19.4 Å². The van der Waals surface area contributed by atoms with E-state index in [4.69, 9.17) is 19.3 Å². The molecule has 0 saturated heterocycles. The van der Waals surface area contributed by atoms with E-state index in [1.54, 1.807) is 12.1 Å². The summed E-state index contributed by atoms with van der Waals surface area (Å²) in [6, 6.07) is 12.9. The number of benzene rings is 2. The molecule has 0 spiro atoms. The van der Waals surface area contributed by atoms with E-state index in [-0.39, 0.29) is 38.8 Å². The SMILES string of the molecule is CCOc1ccccc1OCC[AsH]C(C)Cc1ccc(OC)c(S(N)(=O)=O)c1.Cl. The van der Waals surface area contributed by atoms with Crippen LogP contribution in [0, 0.1) is 0 Å². The first-order valence-corrected chi connectivity index (χ1v) is 13.4. The summed E-state index contributed by atoms with van der Waals surface area (Å²) < 4.78 is 40.5. The van der Waals surface area contributed by atoms with Crippen LogP contribution < -0.4 is 19.3 Å². The van der Waals surface area contributed by atoms with Crippen molar-refractivity contribution >= 4 is 38.2 Å². The Balaban J connectivity index is 0.00000420. The van der Waals surface area contributed by atoms with Gasteiger partial charge in [0.1, 0.15) is 0 Å². The first-order chi connectivity index (χ1) is 13.3. The Kier molecular flexibility index (Phi) is 10.9. The smallest absolute Gasteiger partial charge is 0.147 e. The van der Waals surface area contributed by atoms with Crippen molar-refractivity contribution in [3.63, 3.8) is 0 Å². The largest absolute Gasteiger partial charge is 0.147 e. The maximum absolute atomic E-state index is 11.7. The molecular weight excluding hydrogens is 477 g/mol. The van der Waals surface area contributed by atoms with E-state index < -0.39 is 10.0 Å². The third-order valence-corrected chi connectivity index (χ3v) is 7.93. The molecule has 0 radical (unpaired) electrons. The molecule has 6 nitrogen and oxygen atoms in total. The molecule has 0 heterocycles. The number of ether oxygens (including phenoxy) is 3. The van der Waals surface area contributed by atoms with Crippen molar-refractivity contribution in [2.24, 2.45) is 5.14 Å². The Morgan fingerprint density at radius 2 is 1.72 bits per heavy atom. The summed E-state index contributed by atoms with van der Waals surface area (Å²) in [6.07, 6.45) is 0.808. The monoisotopic (exact) mass is 505 g/mol. The molecule has 0 aliphatic heterocycles. The maximum Gasteiger partial charge on any atom is -0.147 e. The second kappa shape index (κ2) is 12.3. The molecule has 2 N–H and O–H groups in total. The summed E-state index contributed by atoms with van der Waals surface area (Å²) in [6.45, 7) is 5.40. The summed E-state index contributed by atoms with van der Waals surface area (Å²) in [5.74, 6) is 1.82. The Morgan fingerprint density at radius 1 is 1.07 bits per heavy atom. The van der Waals surface area contributed by atoms with E-state index in [0.29, 0.717) is 17.9 Å². The molecule has 2 rings (SSSR count). The number of methoxy groups -OCH3 is 1. The molecule has 2 atom stereocenters. The number of halogens is 1. The molecule has 0 aliphatic carbocycles. The van der Waals surface area contributed by atoms with Crippen LogP contribution in [0.2, 0.25) is 9.91 Å². The van der Waals surface area contributed by atoms with Crippen molar-refractivity contribution in [1.29, 1.82) is 0 Å². The van der Waals surface area contributed by atoms with E-state index >= 15 is 0 Å². The summed E-state index contributed by atoms with van der Waals surface area (Å²) in [5.41, 5.74) is 0.948. The molecule has 2 unspecified atom stereocenters. The van der Waals surface area contributed by atoms with Crippen molar-refractivity contribution in [3.8, 4) is 17.2 Å². The number of hydrogen-bond acceptors (Lipinski definition) is 5. The van der Waals surface area contributed by atoms with Gasteiger partial charge in [0.25, 0.3) is 0 Å². The Morgan fingerprint density at radius 3 is 2.31 bits per heavy atom. The van der Waals surface area contributed by atoms with Gasteiger partial charge in [-0.05, 0) is 0 Å². The van der Waals surface area contributed by atoms with Gasteiger partial charge < -0.3 is 0 Å². The molecule has 0 amide bonds. The molecule has 0 fully saturated rings. The molecule has 0 saturated carbocycles. The van der Waals surface area contributed by atoms with E-state index in [9.17, 15) is 8.42 Å². The van der Waals surface area contributed by atoms with Crippen LogP contribution in [0.4, 0.5) is 0 Å². The van der Waals surface area contributed by atoms with Crippen molar-refractivity contribution in [1.82, 2.24) is 0 Å². The number of primary sulfonamides is 1. The fourth-order valence-electron chi connectivity index (χ4n) is 2.81. The van der Waals surface area contributed by atoms with E-state index in [1.165, 1.54) is 7.11 Å². The number of hydrogen-bond donors (Lipinski definition) is 1. The zero-order chi connectivity index (χ0) is 20.6. The van der Waals surface area contributed by atoms with Gasteiger partial charge in [-0.15, -0.1) is 12.4 Å². The minimum absolute atomic E-state index is 0. The standard InChI is InChI=1S/C20H28AsNO5S.ClH/c1-4-26-17-7-5-6-8-18(17)27-12-11-21-15(2)13-16-9-10-19(25-3)20(14-16)28(22,23)24;/h5-10,14-15,21H,4,11-13H2,1-3H3,(H2,22,23,24);1H. The van der Waals surface area contributed by atoms with Gasteiger partial charge in [0.05, 0.1) is 0 Å². The molecule has 2 aromatic carbocycles. The predicted molar refractivity (Wildman–Crippen MR) is 120 cm³/mol. The topological polar surface area (TPSA) is 87.8 Å². The minimum atomic E-state index is -3.81. The third-order valence-electron chi connectivity index (χ3n) is 4.08. The Hall–Kier alpha value is -1.40. The first kappa shape index (κ1) is 25.6. The molecular formula is C20H29AsClNO5S. The van der Waals surface area contributed by atoms with Gasteiger partial charge in [0, 0.05) is 0 Å². The normalized spacial score (nSPS) is 12.4. The summed E-state index contributed by atoms with van der Waals surface area (Å²) in [7, 11) is -2.38. The Bertz CT molecular complexity index is 879. The molecule has 2 aromatic rings. The van der Waals surface area contributed by atoms with Gasteiger partial charge in [-0.25, -0.2) is 0 Å². The van der Waals surface area contributed by atoms with Gasteiger partial charge in [0.15, 0.2) is 0 Å². The minimum Gasteiger partial charge on any atom is -0.147 e. The van der Waals surface area contributed by atoms with Gasteiger partial charge in [-0.2, -0.15) is 0 Å². The average molecular weight is 506 g/mol. The zero-order valence-corrected chi connectivity index (χ0v) is 20.6. The molecule has 0 bridgehead atoms. The van der Waals surface area contributed by atoms with Gasteiger partial charge >= 0.3 is 174 Å². The van der Waals surface area contributed by atoms with Gasteiger partial charge in [-0.1, -0.05) is 0 Å². The van der Waals surface area contributed by atoms with E-state index in [1.807, 2.05) is 37.3 Å². The number of sulfonamides is 1. The molecule has 9 heteroatoms. The van der Waals surface area contributed by atoms with Crippen molar-refractivity contribution in [2.75, 3.05) is 20.3 Å².